The van der Waals surface area contributed by atoms with Gasteiger partial charge in [0.05, 0.1) is 6.61 Å². The summed E-state index contributed by atoms with van der Waals surface area (Å²) in [5, 5.41) is 0. The zero-order chi connectivity index (χ0) is 10.4. The van der Waals surface area contributed by atoms with Gasteiger partial charge in [-0.3, -0.25) is 0 Å². The van der Waals surface area contributed by atoms with Crippen molar-refractivity contribution in [1.82, 2.24) is 0 Å². The molecule has 0 saturated heterocycles. The molecule has 1 unspecified atom stereocenters. The van der Waals surface area contributed by atoms with E-state index in [0.29, 0.717) is 6.61 Å². The van der Waals surface area contributed by atoms with E-state index in [1.165, 1.54) is 0 Å². The summed E-state index contributed by atoms with van der Waals surface area (Å²) in [5.41, 5.74) is 1.16. The van der Waals surface area contributed by atoms with Crippen molar-refractivity contribution < 1.29 is 9.53 Å². The number of esters is 1. The summed E-state index contributed by atoms with van der Waals surface area (Å²) >= 11 is 0. The van der Waals surface area contributed by atoms with Crippen LogP contribution in [-0.4, -0.2) is 12.6 Å². The lowest BCUT2D eigenvalue weighted by Crippen LogP contribution is -2.03. The van der Waals surface area contributed by atoms with Gasteiger partial charge in [0.15, 0.2) is 0 Å². The molecular formula is C12H13O2. The lowest BCUT2D eigenvalue weighted by atomic mass is 9.96. The monoisotopic (exact) mass is 189 g/mol. The van der Waals surface area contributed by atoms with Crippen LogP contribution in [0.1, 0.15) is 13.8 Å². The number of carbonyl (C=O) groups excluding carboxylic acids is 1. The second kappa shape index (κ2) is 5.29. The molecule has 0 heterocycles. The fourth-order valence-corrected chi connectivity index (χ4v) is 1.12. The molecule has 0 saturated carbocycles. The molecule has 0 N–H and O–H groups in total. The highest BCUT2D eigenvalue weighted by Gasteiger charge is 2.05. The SMILES string of the molecule is CCOC(=O)C#CC1[CH]C(C)=CC=C1. The summed E-state index contributed by atoms with van der Waals surface area (Å²) < 4.78 is 4.69. The first kappa shape index (κ1) is 10.6. The predicted molar refractivity (Wildman–Crippen MR) is 55.1 cm³/mol. The van der Waals surface area contributed by atoms with E-state index in [1.54, 1.807) is 6.92 Å². The fourth-order valence-electron chi connectivity index (χ4n) is 1.12. The molecule has 2 nitrogen and oxygen atoms in total. The van der Waals surface area contributed by atoms with Crippen LogP contribution in [0.15, 0.2) is 23.8 Å². The summed E-state index contributed by atoms with van der Waals surface area (Å²) in [6, 6.07) is 0. The van der Waals surface area contributed by atoms with Crippen molar-refractivity contribution in [3.05, 3.63) is 30.2 Å². The molecule has 73 valence electrons. The molecule has 0 aromatic rings. The van der Waals surface area contributed by atoms with Crippen LogP contribution in [-0.2, 0) is 9.53 Å². The Morgan fingerprint density at radius 1 is 1.64 bits per heavy atom. The van der Waals surface area contributed by atoms with Gasteiger partial charge in [0, 0.05) is 18.3 Å². The lowest BCUT2D eigenvalue weighted by Gasteiger charge is -2.08. The van der Waals surface area contributed by atoms with Gasteiger partial charge in [0.1, 0.15) is 0 Å². The number of allylic oxidation sites excluding steroid dienone is 4. The molecule has 1 rings (SSSR count). The van der Waals surface area contributed by atoms with Crippen molar-refractivity contribution in [3.8, 4) is 11.8 Å². The first-order chi connectivity index (χ1) is 6.72. The Morgan fingerprint density at radius 2 is 2.43 bits per heavy atom. The van der Waals surface area contributed by atoms with E-state index in [4.69, 9.17) is 4.74 Å². The molecule has 1 aliphatic carbocycles. The Morgan fingerprint density at radius 3 is 3.07 bits per heavy atom. The van der Waals surface area contributed by atoms with Gasteiger partial charge in [-0.05, 0) is 13.8 Å². The van der Waals surface area contributed by atoms with Gasteiger partial charge < -0.3 is 4.74 Å². The van der Waals surface area contributed by atoms with Crippen molar-refractivity contribution in [1.29, 1.82) is 0 Å². The minimum atomic E-state index is -0.457. The number of rotatable bonds is 1. The molecule has 1 aliphatic rings. The molecule has 0 aliphatic heterocycles. The number of hydrogen-bond acceptors (Lipinski definition) is 2. The third-order valence-electron chi connectivity index (χ3n) is 1.74. The average molecular weight is 189 g/mol. The number of hydrogen-bond donors (Lipinski definition) is 0. The minimum Gasteiger partial charge on any atom is -0.456 e. The Hall–Kier alpha value is -1.49. The smallest absolute Gasteiger partial charge is 0.384 e. The van der Waals surface area contributed by atoms with Crippen molar-refractivity contribution in [2.45, 2.75) is 13.8 Å². The Kier molecular flexibility index (Phi) is 4.00. The second-order valence-electron chi connectivity index (χ2n) is 2.98. The standard InChI is InChI=1S/C12H13O2/c1-3-14-12(13)8-7-11-6-4-5-10(2)9-11/h4-6,9,11H,3H2,1-2H3. The van der Waals surface area contributed by atoms with E-state index < -0.39 is 5.97 Å². The fraction of sp³-hybridized carbons (Fsp3) is 0.333. The van der Waals surface area contributed by atoms with Crippen LogP contribution in [0.3, 0.4) is 0 Å². The van der Waals surface area contributed by atoms with Crippen LogP contribution in [0.4, 0.5) is 0 Å². The van der Waals surface area contributed by atoms with E-state index >= 15 is 0 Å². The van der Waals surface area contributed by atoms with E-state index in [9.17, 15) is 4.79 Å². The van der Waals surface area contributed by atoms with Crippen LogP contribution >= 0.6 is 0 Å². The van der Waals surface area contributed by atoms with Gasteiger partial charge in [0.25, 0.3) is 0 Å². The van der Waals surface area contributed by atoms with Crippen molar-refractivity contribution in [2.75, 3.05) is 6.61 Å². The second-order valence-corrected chi connectivity index (χ2v) is 2.98. The van der Waals surface area contributed by atoms with Crippen molar-refractivity contribution >= 4 is 5.97 Å². The maximum atomic E-state index is 10.9. The van der Waals surface area contributed by atoms with Gasteiger partial charge in [-0.15, -0.1) is 0 Å². The maximum absolute atomic E-state index is 10.9. The minimum absolute atomic E-state index is 0.0319. The normalized spacial score (nSPS) is 19.3. The van der Waals surface area contributed by atoms with Crippen LogP contribution in [0, 0.1) is 24.2 Å². The summed E-state index contributed by atoms with van der Waals surface area (Å²) in [6.45, 7) is 4.14. The Labute approximate surface area is 84.6 Å². The van der Waals surface area contributed by atoms with Gasteiger partial charge in [-0.2, -0.15) is 0 Å². The van der Waals surface area contributed by atoms with E-state index in [1.807, 2.05) is 31.6 Å². The largest absolute Gasteiger partial charge is 0.456 e. The zero-order valence-electron chi connectivity index (χ0n) is 8.41. The molecular weight excluding hydrogens is 176 g/mol. The molecule has 0 spiro atoms. The van der Waals surface area contributed by atoms with E-state index in [-0.39, 0.29) is 5.92 Å². The number of carbonyl (C=O) groups is 1. The van der Waals surface area contributed by atoms with Crippen molar-refractivity contribution in [2.24, 2.45) is 5.92 Å². The molecule has 0 amide bonds. The number of ether oxygens (including phenoxy) is 1. The maximum Gasteiger partial charge on any atom is 0.384 e. The third kappa shape index (κ3) is 3.49. The van der Waals surface area contributed by atoms with E-state index in [0.717, 1.165) is 5.57 Å². The van der Waals surface area contributed by atoms with Gasteiger partial charge in [-0.25, -0.2) is 4.79 Å². The van der Waals surface area contributed by atoms with Gasteiger partial charge >= 0.3 is 5.97 Å². The molecule has 0 bridgehead atoms. The highest BCUT2D eigenvalue weighted by molar-refractivity contribution is 5.88. The summed E-state index contributed by atoms with van der Waals surface area (Å²) in [6.07, 6.45) is 7.90. The third-order valence-corrected chi connectivity index (χ3v) is 1.74. The molecule has 0 aromatic heterocycles. The first-order valence-corrected chi connectivity index (χ1v) is 4.60. The van der Waals surface area contributed by atoms with Crippen LogP contribution in [0.5, 0.6) is 0 Å². The highest BCUT2D eigenvalue weighted by Crippen LogP contribution is 2.15. The lowest BCUT2D eigenvalue weighted by molar-refractivity contribution is -0.136. The quantitative estimate of drug-likeness (QED) is 0.357. The highest BCUT2D eigenvalue weighted by atomic mass is 16.5. The van der Waals surface area contributed by atoms with Crippen LogP contribution < -0.4 is 0 Å². The summed E-state index contributed by atoms with van der Waals surface area (Å²) in [5.74, 6) is 4.86. The van der Waals surface area contributed by atoms with Crippen LogP contribution in [0.2, 0.25) is 0 Å². The first-order valence-electron chi connectivity index (χ1n) is 4.60. The predicted octanol–water partition coefficient (Wildman–Crippen LogP) is 1.89. The molecule has 0 fully saturated rings. The van der Waals surface area contributed by atoms with Gasteiger partial charge in [0.2, 0.25) is 0 Å². The summed E-state index contributed by atoms with van der Waals surface area (Å²) in [4.78, 5) is 10.9. The topological polar surface area (TPSA) is 26.3 Å². The Balaban J connectivity index is 2.49. The summed E-state index contributed by atoms with van der Waals surface area (Å²) in [7, 11) is 0. The molecule has 0 aromatic carbocycles. The van der Waals surface area contributed by atoms with Crippen LogP contribution in [0.25, 0.3) is 0 Å². The average Bonchev–Trinajstić information content (AvgIpc) is 2.15. The Bertz CT molecular complexity index is 326. The van der Waals surface area contributed by atoms with E-state index in [2.05, 4.69) is 11.8 Å². The molecule has 14 heavy (non-hydrogen) atoms. The van der Waals surface area contributed by atoms with Crippen molar-refractivity contribution in [3.63, 3.8) is 0 Å². The molecule has 1 atom stereocenters. The molecule has 2 heteroatoms. The molecule has 1 radical (unpaired) electrons. The van der Waals surface area contributed by atoms with Gasteiger partial charge in [-0.1, -0.05) is 29.7 Å². The zero-order valence-corrected chi connectivity index (χ0v) is 8.41.